The average Bonchev–Trinajstić information content (AvgIpc) is 2.25. The van der Waals surface area contributed by atoms with Gasteiger partial charge in [-0.25, -0.2) is 0 Å². The van der Waals surface area contributed by atoms with Crippen LogP contribution in [0.3, 0.4) is 0 Å². The molecule has 1 fully saturated rings. The summed E-state index contributed by atoms with van der Waals surface area (Å²) in [6.07, 6.45) is 2.73. The van der Waals surface area contributed by atoms with Crippen LogP contribution in [0.15, 0.2) is 42.5 Å². The Morgan fingerprint density at radius 2 is 1.56 bits per heavy atom. The van der Waals surface area contributed by atoms with Crippen molar-refractivity contribution in [1.82, 2.24) is 0 Å². The van der Waals surface area contributed by atoms with Gasteiger partial charge in [0.05, 0.1) is 0 Å². The van der Waals surface area contributed by atoms with Crippen LogP contribution in [0.2, 0.25) is 0 Å². The second-order valence-electron chi connectivity index (χ2n) is 6.84. The Morgan fingerprint density at radius 1 is 0.889 bits per heavy atom. The Balaban J connectivity index is 1.81. The number of fused-ring (bicyclic) bond motifs is 1. The van der Waals surface area contributed by atoms with Crippen LogP contribution in [-0.4, -0.2) is 0 Å². The first-order chi connectivity index (χ1) is 8.54. The molecule has 2 aromatic rings. The molecule has 0 N–H and O–H groups in total. The van der Waals surface area contributed by atoms with Crippen molar-refractivity contribution in [3.63, 3.8) is 0 Å². The van der Waals surface area contributed by atoms with Gasteiger partial charge in [0.25, 0.3) is 0 Å². The molecule has 3 rings (SSSR count). The molecule has 0 saturated heterocycles. The summed E-state index contributed by atoms with van der Waals surface area (Å²) in [5.74, 6) is 1.69. The molecule has 0 unspecified atom stereocenters. The van der Waals surface area contributed by atoms with Gasteiger partial charge in [0.1, 0.15) is 0 Å². The standard InChI is InChI=1S/C18H22/c1-18(2,3)17-11-16(12-17)15-9-8-13-6-4-5-7-14(13)10-15/h4-10,16-17H,11-12H2,1-3H3. The van der Waals surface area contributed by atoms with Gasteiger partial charge in [0.2, 0.25) is 0 Å². The quantitative estimate of drug-likeness (QED) is 0.625. The third-order valence-corrected chi connectivity index (χ3v) is 4.61. The zero-order chi connectivity index (χ0) is 12.8. The van der Waals surface area contributed by atoms with E-state index in [-0.39, 0.29) is 0 Å². The minimum Gasteiger partial charge on any atom is -0.0616 e. The van der Waals surface area contributed by atoms with Gasteiger partial charge in [-0.1, -0.05) is 63.2 Å². The second-order valence-corrected chi connectivity index (χ2v) is 6.84. The van der Waals surface area contributed by atoms with Gasteiger partial charge in [-0.05, 0) is 46.4 Å². The summed E-state index contributed by atoms with van der Waals surface area (Å²) in [7, 11) is 0. The van der Waals surface area contributed by atoms with E-state index in [2.05, 4.69) is 63.2 Å². The highest BCUT2D eigenvalue weighted by molar-refractivity contribution is 5.83. The molecule has 1 aliphatic carbocycles. The zero-order valence-corrected chi connectivity index (χ0v) is 11.6. The molecule has 0 bridgehead atoms. The fourth-order valence-electron chi connectivity index (χ4n) is 3.06. The minimum atomic E-state index is 0.480. The molecule has 1 saturated carbocycles. The van der Waals surface area contributed by atoms with E-state index < -0.39 is 0 Å². The van der Waals surface area contributed by atoms with E-state index in [0.717, 1.165) is 11.8 Å². The first kappa shape index (κ1) is 11.8. The van der Waals surface area contributed by atoms with Crippen molar-refractivity contribution >= 4 is 10.8 Å². The largest absolute Gasteiger partial charge is 0.0616 e. The lowest BCUT2D eigenvalue weighted by molar-refractivity contribution is 0.115. The van der Waals surface area contributed by atoms with Crippen molar-refractivity contribution < 1.29 is 0 Å². The maximum absolute atomic E-state index is 2.39. The number of rotatable bonds is 1. The summed E-state index contributed by atoms with van der Waals surface area (Å²) >= 11 is 0. The topological polar surface area (TPSA) is 0 Å². The van der Waals surface area contributed by atoms with E-state index in [1.165, 1.54) is 29.2 Å². The van der Waals surface area contributed by atoms with Crippen LogP contribution in [0.1, 0.15) is 45.1 Å². The second kappa shape index (κ2) is 4.12. The van der Waals surface area contributed by atoms with Crippen LogP contribution < -0.4 is 0 Å². The van der Waals surface area contributed by atoms with Gasteiger partial charge in [0, 0.05) is 0 Å². The summed E-state index contributed by atoms with van der Waals surface area (Å²) in [4.78, 5) is 0. The molecule has 0 atom stereocenters. The fourth-order valence-corrected chi connectivity index (χ4v) is 3.06. The van der Waals surface area contributed by atoms with Crippen molar-refractivity contribution in [2.24, 2.45) is 11.3 Å². The molecular formula is C18H22. The van der Waals surface area contributed by atoms with E-state index >= 15 is 0 Å². The van der Waals surface area contributed by atoms with E-state index in [4.69, 9.17) is 0 Å². The minimum absolute atomic E-state index is 0.480. The van der Waals surface area contributed by atoms with Gasteiger partial charge in [-0.2, -0.15) is 0 Å². The third kappa shape index (κ3) is 2.05. The molecule has 0 heterocycles. The Labute approximate surface area is 110 Å². The normalized spacial score (nSPS) is 23.9. The molecule has 18 heavy (non-hydrogen) atoms. The van der Waals surface area contributed by atoms with Gasteiger partial charge < -0.3 is 0 Å². The predicted octanol–water partition coefficient (Wildman–Crippen LogP) is 5.38. The van der Waals surface area contributed by atoms with Crippen LogP contribution >= 0.6 is 0 Å². The molecule has 0 amide bonds. The Kier molecular flexibility index (Phi) is 2.69. The van der Waals surface area contributed by atoms with Gasteiger partial charge >= 0.3 is 0 Å². The van der Waals surface area contributed by atoms with E-state index in [1.54, 1.807) is 0 Å². The molecule has 0 aromatic heterocycles. The highest BCUT2D eigenvalue weighted by Gasteiger charge is 2.37. The Hall–Kier alpha value is -1.30. The van der Waals surface area contributed by atoms with Crippen LogP contribution in [-0.2, 0) is 0 Å². The molecule has 0 spiro atoms. The van der Waals surface area contributed by atoms with Crippen LogP contribution in [0.5, 0.6) is 0 Å². The highest BCUT2D eigenvalue weighted by Crippen LogP contribution is 2.50. The lowest BCUT2D eigenvalue weighted by Crippen LogP contribution is -2.32. The third-order valence-electron chi connectivity index (χ3n) is 4.61. The molecule has 94 valence electrons. The maximum Gasteiger partial charge on any atom is -0.0156 e. The van der Waals surface area contributed by atoms with Gasteiger partial charge in [-0.15, -0.1) is 0 Å². The predicted molar refractivity (Wildman–Crippen MR) is 78.9 cm³/mol. The monoisotopic (exact) mass is 238 g/mol. The maximum atomic E-state index is 2.39. The lowest BCUT2D eigenvalue weighted by Gasteiger charge is -2.44. The molecule has 0 radical (unpaired) electrons. The summed E-state index contributed by atoms with van der Waals surface area (Å²) in [6, 6.07) is 15.6. The average molecular weight is 238 g/mol. The van der Waals surface area contributed by atoms with Crippen molar-refractivity contribution in [3.05, 3.63) is 48.0 Å². The van der Waals surface area contributed by atoms with Crippen molar-refractivity contribution in [3.8, 4) is 0 Å². The van der Waals surface area contributed by atoms with Crippen molar-refractivity contribution in [2.75, 3.05) is 0 Å². The number of hydrogen-bond donors (Lipinski definition) is 0. The number of hydrogen-bond acceptors (Lipinski definition) is 0. The highest BCUT2D eigenvalue weighted by atomic mass is 14.4. The van der Waals surface area contributed by atoms with Crippen LogP contribution in [0.25, 0.3) is 10.8 Å². The summed E-state index contributed by atoms with van der Waals surface area (Å²) in [5, 5.41) is 2.74. The summed E-state index contributed by atoms with van der Waals surface area (Å²) < 4.78 is 0. The Morgan fingerprint density at radius 3 is 2.22 bits per heavy atom. The molecule has 0 nitrogen and oxygen atoms in total. The summed E-state index contributed by atoms with van der Waals surface area (Å²) in [6.45, 7) is 7.11. The number of benzene rings is 2. The van der Waals surface area contributed by atoms with Crippen molar-refractivity contribution in [1.29, 1.82) is 0 Å². The molecule has 0 aliphatic heterocycles. The molecule has 0 heteroatoms. The lowest BCUT2D eigenvalue weighted by atomic mass is 9.61. The Bertz CT molecular complexity index is 554. The first-order valence-electron chi connectivity index (χ1n) is 7.03. The zero-order valence-electron chi connectivity index (χ0n) is 11.6. The smallest absolute Gasteiger partial charge is 0.0156 e. The van der Waals surface area contributed by atoms with Crippen molar-refractivity contribution in [2.45, 2.75) is 39.5 Å². The summed E-state index contributed by atoms with van der Waals surface area (Å²) in [5.41, 5.74) is 2.02. The molecule has 1 aliphatic rings. The van der Waals surface area contributed by atoms with E-state index in [0.29, 0.717) is 5.41 Å². The van der Waals surface area contributed by atoms with Gasteiger partial charge in [0.15, 0.2) is 0 Å². The SMILES string of the molecule is CC(C)(C)C1CC(c2ccc3ccccc3c2)C1. The van der Waals surface area contributed by atoms with Crippen LogP contribution in [0, 0.1) is 11.3 Å². The molecular weight excluding hydrogens is 216 g/mol. The molecule has 2 aromatic carbocycles. The van der Waals surface area contributed by atoms with E-state index in [1.807, 2.05) is 0 Å². The van der Waals surface area contributed by atoms with Crippen LogP contribution in [0.4, 0.5) is 0 Å². The van der Waals surface area contributed by atoms with E-state index in [9.17, 15) is 0 Å². The fraction of sp³-hybridized carbons (Fsp3) is 0.444. The first-order valence-corrected chi connectivity index (χ1v) is 7.03. The van der Waals surface area contributed by atoms with Gasteiger partial charge in [-0.3, -0.25) is 0 Å².